The SMILES string of the molecule is CCCCCCCCOc1ccc(C(=O)Oc2ccc([C@@H]3OC[C@H]4OCC[C@@H](O)[C@@H]4O3)cc2)cc1. The van der Waals surface area contributed by atoms with Crippen LogP contribution in [0.25, 0.3) is 0 Å². The molecule has 7 heteroatoms. The van der Waals surface area contributed by atoms with Crippen molar-refractivity contribution in [1.82, 2.24) is 0 Å². The highest BCUT2D eigenvalue weighted by Crippen LogP contribution is 2.32. The van der Waals surface area contributed by atoms with Crippen LogP contribution in [0.5, 0.6) is 11.5 Å². The van der Waals surface area contributed by atoms with Gasteiger partial charge in [-0.15, -0.1) is 0 Å². The first-order valence-corrected chi connectivity index (χ1v) is 12.8. The van der Waals surface area contributed by atoms with Gasteiger partial charge in [-0.1, -0.05) is 51.2 Å². The van der Waals surface area contributed by atoms with E-state index in [9.17, 15) is 9.90 Å². The fraction of sp³-hybridized carbons (Fsp3) is 0.536. The van der Waals surface area contributed by atoms with Crippen LogP contribution in [0.2, 0.25) is 0 Å². The van der Waals surface area contributed by atoms with Crippen LogP contribution in [-0.2, 0) is 14.2 Å². The zero-order valence-corrected chi connectivity index (χ0v) is 20.4. The maximum Gasteiger partial charge on any atom is 0.343 e. The van der Waals surface area contributed by atoms with Crippen molar-refractivity contribution < 1.29 is 33.6 Å². The van der Waals surface area contributed by atoms with Gasteiger partial charge in [-0.3, -0.25) is 0 Å². The van der Waals surface area contributed by atoms with Crippen LogP contribution in [0.15, 0.2) is 48.5 Å². The topological polar surface area (TPSA) is 83.5 Å². The molecule has 35 heavy (non-hydrogen) atoms. The van der Waals surface area contributed by atoms with Crippen LogP contribution >= 0.6 is 0 Å². The Bertz CT molecular complexity index is 912. The molecule has 2 heterocycles. The van der Waals surface area contributed by atoms with E-state index in [2.05, 4.69) is 6.92 Å². The molecule has 2 aliphatic rings. The molecular weight excluding hydrogens is 448 g/mol. The molecule has 0 amide bonds. The molecule has 0 aliphatic carbocycles. The van der Waals surface area contributed by atoms with E-state index >= 15 is 0 Å². The summed E-state index contributed by atoms with van der Waals surface area (Å²) in [5.41, 5.74) is 1.24. The molecule has 1 N–H and O–H groups in total. The van der Waals surface area contributed by atoms with E-state index in [1.165, 1.54) is 32.1 Å². The van der Waals surface area contributed by atoms with Crippen molar-refractivity contribution in [2.75, 3.05) is 19.8 Å². The highest BCUT2D eigenvalue weighted by Gasteiger charge is 2.40. The Balaban J connectivity index is 1.22. The van der Waals surface area contributed by atoms with Crippen molar-refractivity contribution in [3.05, 3.63) is 59.7 Å². The van der Waals surface area contributed by atoms with Crippen LogP contribution in [0.1, 0.15) is 74.1 Å². The van der Waals surface area contributed by atoms with Gasteiger partial charge < -0.3 is 28.8 Å². The second-order valence-corrected chi connectivity index (χ2v) is 9.13. The molecule has 0 aromatic heterocycles. The number of carbonyl (C=O) groups excluding carboxylic acids is 1. The standard InChI is InChI=1S/C28H36O7/c1-2-3-4-5-6-7-17-31-22-12-8-20(9-13-22)27(30)34-23-14-10-21(11-15-23)28-33-19-25-26(35-28)24(29)16-18-32-25/h8-15,24-26,28-29H,2-7,16-19H2,1H3/t24-,25-,26+,28-/m1/s1. The van der Waals surface area contributed by atoms with Crippen molar-refractivity contribution >= 4 is 5.97 Å². The molecule has 2 aromatic carbocycles. The second-order valence-electron chi connectivity index (χ2n) is 9.13. The number of carbonyl (C=O) groups is 1. The van der Waals surface area contributed by atoms with Gasteiger partial charge in [0.1, 0.15) is 23.7 Å². The molecule has 4 atom stereocenters. The zero-order chi connectivity index (χ0) is 24.5. The number of benzene rings is 2. The van der Waals surface area contributed by atoms with Gasteiger partial charge in [0, 0.05) is 12.2 Å². The van der Waals surface area contributed by atoms with Gasteiger partial charge in [0.2, 0.25) is 0 Å². The van der Waals surface area contributed by atoms with Gasteiger partial charge in [-0.2, -0.15) is 0 Å². The van der Waals surface area contributed by atoms with Crippen LogP contribution < -0.4 is 9.47 Å². The van der Waals surface area contributed by atoms with Crippen LogP contribution in [0.4, 0.5) is 0 Å². The van der Waals surface area contributed by atoms with Gasteiger partial charge >= 0.3 is 5.97 Å². The Morgan fingerprint density at radius 3 is 2.43 bits per heavy atom. The Labute approximate surface area is 207 Å². The lowest BCUT2D eigenvalue weighted by molar-refractivity contribution is -0.298. The van der Waals surface area contributed by atoms with Crippen LogP contribution in [0, 0.1) is 0 Å². The van der Waals surface area contributed by atoms with Crippen molar-refractivity contribution in [3.63, 3.8) is 0 Å². The quantitative estimate of drug-likeness (QED) is 0.266. The van der Waals surface area contributed by atoms with Gasteiger partial charge in [0.15, 0.2) is 6.29 Å². The summed E-state index contributed by atoms with van der Waals surface area (Å²) in [4.78, 5) is 12.5. The highest BCUT2D eigenvalue weighted by molar-refractivity contribution is 5.91. The minimum atomic E-state index is -0.596. The van der Waals surface area contributed by atoms with Crippen molar-refractivity contribution in [2.45, 2.75) is 76.5 Å². The molecule has 2 saturated heterocycles. The summed E-state index contributed by atoms with van der Waals surface area (Å²) in [7, 11) is 0. The highest BCUT2D eigenvalue weighted by atomic mass is 16.7. The van der Waals surface area contributed by atoms with E-state index in [4.69, 9.17) is 23.7 Å². The summed E-state index contributed by atoms with van der Waals surface area (Å²) in [5.74, 6) is 0.746. The predicted molar refractivity (Wildman–Crippen MR) is 131 cm³/mol. The molecule has 190 valence electrons. The number of esters is 1. The van der Waals surface area contributed by atoms with Gasteiger partial charge in [0.05, 0.1) is 24.9 Å². The van der Waals surface area contributed by atoms with Crippen LogP contribution in [0.3, 0.4) is 0 Å². The number of fused-ring (bicyclic) bond motifs is 1. The number of ether oxygens (including phenoxy) is 5. The molecule has 7 nitrogen and oxygen atoms in total. The molecule has 4 rings (SSSR count). The van der Waals surface area contributed by atoms with E-state index in [0.717, 1.165) is 17.7 Å². The lowest BCUT2D eigenvalue weighted by Crippen LogP contribution is -2.52. The molecule has 0 saturated carbocycles. The summed E-state index contributed by atoms with van der Waals surface area (Å²) < 4.78 is 28.6. The maximum atomic E-state index is 12.5. The largest absolute Gasteiger partial charge is 0.494 e. The fourth-order valence-corrected chi connectivity index (χ4v) is 4.33. The van der Waals surface area contributed by atoms with Crippen molar-refractivity contribution in [3.8, 4) is 11.5 Å². The molecule has 2 fully saturated rings. The van der Waals surface area contributed by atoms with E-state index in [1.54, 1.807) is 48.5 Å². The number of unbranched alkanes of at least 4 members (excludes halogenated alkanes) is 5. The third-order valence-electron chi connectivity index (χ3n) is 6.40. The van der Waals surface area contributed by atoms with Crippen molar-refractivity contribution in [1.29, 1.82) is 0 Å². The molecule has 0 spiro atoms. The summed E-state index contributed by atoms with van der Waals surface area (Å²) in [6, 6.07) is 14.0. The number of hydrogen-bond donors (Lipinski definition) is 1. The Morgan fingerprint density at radius 1 is 0.943 bits per heavy atom. The number of aliphatic hydroxyl groups is 1. The predicted octanol–water partition coefficient (Wildman–Crippen LogP) is 5.21. The van der Waals surface area contributed by atoms with Gasteiger partial charge in [-0.25, -0.2) is 4.79 Å². The zero-order valence-electron chi connectivity index (χ0n) is 20.4. The first kappa shape index (κ1) is 25.6. The molecular formula is C28H36O7. The molecule has 0 radical (unpaired) electrons. The first-order chi connectivity index (χ1) is 17.1. The monoisotopic (exact) mass is 484 g/mol. The smallest absolute Gasteiger partial charge is 0.343 e. The second kappa shape index (κ2) is 13.0. The number of aliphatic hydroxyl groups excluding tert-OH is 1. The average molecular weight is 485 g/mol. The van der Waals surface area contributed by atoms with Gasteiger partial charge in [0.25, 0.3) is 0 Å². The van der Waals surface area contributed by atoms with Crippen LogP contribution in [-0.4, -0.2) is 49.2 Å². The van der Waals surface area contributed by atoms with E-state index < -0.39 is 24.5 Å². The van der Waals surface area contributed by atoms with E-state index in [-0.39, 0.29) is 6.10 Å². The molecule has 0 unspecified atom stereocenters. The van der Waals surface area contributed by atoms with Crippen molar-refractivity contribution in [2.24, 2.45) is 0 Å². The Morgan fingerprint density at radius 2 is 1.66 bits per heavy atom. The third kappa shape index (κ3) is 7.27. The summed E-state index contributed by atoms with van der Waals surface area (Å²) in [6.07, 6.45) is 6.05. The summed E-state index contributed by atoms with van der Waals surface area (Å²) in [5, 5.41) is 10.2. The first-order valence-electron chi connectivity index (χ1n) is 12.8. The molecule has 2 aromatic rings. The number of hydrogen-bond acceptors (Lipinski definition) is 7. The third-order valence-corrected chi connectivity index (χ3v) is 6.40. The lowest BCUT2D eigenvalue weighted by atomic mass is 10.0. The summed E-state index contributed by atoms with van der Waals surface area (Å²) in [6.45, 7) is 3.77. The molecule has 0 bridgehead atoms. The summed E-state index contributed by atoms with van der Waals surface area (Å²) >= 11 is 0. The lowest BCUT2D eigenvalue weighted by Gasteiger charge is -2.41. The molecule has 2 aliphatic heterocycles. The minimum Gasteiger partial charge on any atom is -0.494 e. The Kier molecular flexibility index (Phi) is 9.54. The maximum absolute atomic E-state index is 12.5. The number of rotatable bonds is 11. The minimum absolute atomic E-state index is 0.248. The Hall–Kier alpha value is -2.45. The average Bonchev–Trinajstić information content (AvgIpc) is 2.89. The van der Waals surface area contributed by atoms with Gasteiger partial charge in [-0.05, 0) is 49.2 Å². The van der Waals surface area contributed by atoms with E-state index in [1.807, 2.05) is 0 Å². The van der Waals surface area contributed by atoms with E-state index in [0.29, 0.717) is 37.6 Å². The normalized spacial score (nSPS) is 23.9. The fourth-order valence-electron chi connectivity index (χ4n) is 4.33.